The molecule has 0 aliphatic carbocycles. The molecule has 2 heterocycles. The van der Waals surface area contributed by atoms with Crippen molar-refractivity contribution in [2.75, 3.05) is 31.1 Å². The number of hydrogen-bond donors (Lipinski definition) is 1. The maximum Gasteiger partial charge on any atom is 0.0332 e. The molecule has 0 bridgehead atoms. The first-order valence-corrected chi connectivity index (χ1v) is 7.03. The van der Waals surface area contributed by atoms with Gasteiger partial charge in [0.25, 0.3) is 0 Å². The van der Waals surface area contributed by atoms with Gasteiger partial charge in [-0.1, -0.05) is 13.8 Å². The zero-order chi connectivity index (χ0) is 10.0. The summed E-state index contributed by atoms with van der Waals surface area (Å²) in [4.78, 5) is 2.79. The molecular formula is C11H22N2S. The van der Waals surface area contributed by atoms with E-state index >= 15 is 0 Å². The molecule has 0 radical (unpaired) electrons. The van der Waals surface area contributed by atoms with Crippen LogP contribution in [0, 0.1) is 0 Å². The van der Waals surface area contributed by atoms with Crippen molar-refractivity contribution in [2.45, 2.75) is 38.3 Å². The highest BCUT2D eigenvalue weighted by Crippen LogP contribution is 2.32. The predicted molar refractivity (Wildman–Crippen MR) is 64.0 cm³/mol. The monoisotopic (exact) mass is 214 g/mol. The van der Waals surface area contributed by atoms with Gasteiger partial charge in [0.2, 0.25) is 0 Å². The average molecular weight is 214 g/mol. The number of rotatable bonds is 2. The molecule has 0 aromatic rings. The minimum atomic E-state index is 0.462. The number of nitrogens with zero attached hydrogens (tertiary/aromatic N) is 1. The Labute approximate surface area is 91.8 Å². The lowest BCUT2D eigenvalue weighted by molar-refractivity contribution is 0.0176. The molecule has 2 aliphatic heterocycles. The largest absolute Gasteiger partial charge is 0.313 e. The van der Waals surface area contributed by atoms with Crippen LogP contribution in [-0.2, 0) is 0 Å². The van der Waals surface area contributed by atoms with Gasteiger partial charge < -0.3 is 5.32 Å². The second-order valence-electron chi connectivity index (χ2n) is 4.48. The van der Waals surface area contributed by atoms with E-state index in [4.69, 9.17) is 0 Å². The highest BCUT2D eigenvalue weighted by molar-refractivity contribution is 7.99. The molecule has 82 valence electrons. The smallest absolute Gasteiger partial charge is 0.0332 e. The Bertz CT molecular complexity index is 190. The second-order valence-corrected chi connectivity index (χ2v) is 5.63. The van der Waals surface area contributed by atoms with Gasteiger partial charge in [-0.2, -0.15) is 11.8 Å². The van der Waals surface area contributed by atoms with Crippen LogP contribution in [0.15, 0.2) is 0 Å². The van der Waals surface area contributed by atoms with Gasteiger partial charge in [0.15, 0.2) is 0 Å². The molecule has 0 amide bonds. The SMILES string of the molecule is CCC1(CC)CNCC2CSCCN21. The van der Waals surface area contributed by atoms with Crippen LogP contribution in [0.1, 0.15) is 26.7 Å². The topological polar surface area (TPSA) is 15.3 Å². The Morgan fingerprint density at radius 3 is 2.93 bits per heavy atom. The molecule has 1 unspecified atom stereocenters. The molecule has 0 aromatic carbocycles. The summed E-state index contributed by atoms with van der Waals surface area (Å²) in [6.07, 6.45) is 2.58. The Hall–Kier alpha value is 0.270. The summed E-state index contributed by atoms with van der Waals surface area (Å²) in [5.41, 5.74) is 0.462. The molecule has 2 rings (SSSR count). The van der Waals surface area contributed by atoms with Gasteiger partial charge in [-0.15, -0.1) is 0 Å². The van der Waals surface area contributed by atoms with Gasteiger partial charge in [0, 0.05) is 42.7 Å². The van der Waals surface area contributed by atoms with Crippen molar-refractivity contribution in [3.63, 3.8) is 0 Å². The van der Waals surface area contributed by atoms with Crippen LogP contribution in [0.2, 0.25) is 0 Å². The summed E-state index contributed by atoms with van der Waals surface area (Å²) in [7, 11) is 0. The first-order chi connectivity index (χ1) is 6.82. The molecule has 0 spiro atoms. The van der Waals surface area contributed by atoms with E-state index in [-0.39, 0.29) is 0 Å². The van der Waals surface area contributed by atoms with Crippen molar-refractivity contribution in [3.8, 4) is 0 Å². The number of hydrogen-bond acceptors (Lipinski definition) is 3. The lowest BCUT2D eigenvalue weighted by Crippen LogP contribution is -2.67. The average Bonchev–Trinajstić information content (AvgIpc) is 2.28. The van der Waals surface area contributed by atoms with Crippen molar-refractivity contribution < 1.29 is 0 Å². The fraction of sp³-hybridized carbons (Fsp3) is 1.00. The Morgan fingerprint density at radius 2 is 2.21 bits per heavy atom. The highest BCUT2D eigenvalue weighted by atomic mass is 32.2. The molecule has 3 heteroatoms. The lowest BCUT2D eigenvalue weighted by Gasteiger charge is -2.53. The van der Waals surface area contributed by atoms with Crippen LogP contribution in [-0.4, -0.2) is 47.6 Å². The van der Waals surface area contributed by atoms with Gasteiger partial charge >= 0.3 is 0 Å². The van der Waals surface area contributed by atoms with E-state index in [1.807, 2.05) is 0 Å². The molecular weight excluding hydrogens is 192 g/mol. The third-order valence-electron chi connectivity index (χ3n) is 3.99. The maximum absolute atomic E-state index is 3.62. The molecule has 0 saturated carbocycles. The van der Waals surface area contributed by atoms with Crippen molar-refractivity contribution in [3.05, 3.63) is 0 Å². The van der Waals surface area contributed by atoms with Crippen molar-refractivity contribution in [1.82, 2.24) is 10.2 Å². The van der Waals surface area contributed by atoms with E-state index in [0.717, 1.165) is 6.04 Å². The molecule has 14 heavy (non-hydrogen) atoms. The van der Waals surface area contributed by atoms with Gasteiger partial charge in [0.05, 0.1) is 0 Å². The van der Waals surface area contributed by atoms with Crippen molar-refractivity contribution >= 4 is 11.8 Å². The zero-order valence-corrected chi connectivity index (χ0v) is 10.2. The summed E-state index contributed by atoms with van der Waals surface area (Å²) < 4.78 is 0. The minimum absolute atomic E-state index is 0.462. The van der Waals surface area contributed by atoms with Crippen LogP contribution in [0.5, 0.6) is 0 Å². The van der Waals surface area contributed by atoms with E-state index in [2.05, 4.69) is 35.8 Å². The minimum Gasteiger partial charge on any atom is -0.313 e. The van der Waals surface area contributed by atoms with Gasteiger partial charge in [0.1, 0.15) is 0 Å². The third kappa shape index (κ3) is 1.70. The molecule has 2 fully saturated rings. The van der Waals surface area contributed by atoms with Gasteiger partial charge in [-0.05, 0) is 12.8 Å². The predicted octanol–water partition coefficient (Wildman–Crippen LogP) is 1.57. The van der Waals surface area contributed by atoms with Crippen molar-refractivity contribution in [2.24, 2.45) is 0 Å². The first kappa shape index (κ1) is 10.8. The van der Waals surface area contributed by atoms with E-state index in [9.17, 15) is 0 Å². The Kier molecular flexibility index (Phi) is 3.40. The number of piperazine rings is 1. The maximum atomic E-state index is 3.62. The van der Waals surface area contributed by atoms with Crippen LogP contribution >= 0.6 is 11.8 Å². The third-order valence-corrected chi connectivity index (χ3v) is 5.08. The molecule has 2 saturated heterocycles. The molecule has 2 nitrogen and oxygen atoms in total. The highest BCUT2D eigenvalue weighted by Gasteiger charge is 2.41. The van der Waals surface area contributed by atoms with Crippen LogP contribution < -0.4 is 5.32 Å². The number of fused-ring (bicyclic) bond motifs is 1. The Morgan fingerprint density at radius 1 is 1.43 bits per heavy atom. The lowest BCUT2D eigenvalue weighted by atomic mass is 9.86. The number of nitrogens with one attached hydrogen (secondary N) is 1. The van der Waals surface area contributed by atoms with Crippen LogP contribution in [0.4, 0.5) is 0 Å². The first-order valence-electron chi connectivity index (χ1n) is 5.87. The van der Waals surface area contributed by atoms with Gasteiger partial charge in [-0.3, -0.25) is 4.90 Å². The Balaban J connectivity index is 2.14. The fourth-order valence-corrected chi connectivity index (χ4v) is 3.99. The fourth-order valence-electron chi connectivity index (χ4n) is 2.93. The summed E-state index contributed by atoms with van der Waals surface area (Å²) >= 11 is 2.12. The summed E-state index contributed by atoms with van der Waals surface area (Å²) in [6, 6.07) is 0.794. The summed E-state index contributed by atoms with van der Waals surface area (Å²) in [6.45, 7) is 8.39. The standard InChI is InChI=1S/C11H22N2S/c1-3-11(4-2)9-12-7-10-8-14-6-5-13(10)11/h10,12H,3-9H2,1-2H3. The van der Waals surface area contributed by atoms with E-state index in [1.54, 1.807) is 0 Å². The van der Waals surface area contributed by atoms with Crippen molar-refractivity contribution in [1.29, 1.82) is 0 Å². The molecule has 2 aliphatic rings. The van der Waals surface area contributed by atoms with E-state index < -0.39 is 0 Å². The number of thioether (sulfide) groups is 1. The van der Waals surface area contributed by atoms with Crippen LogP contribution in [0.25, 0.3) is 0 Å². The molecule has 1 N–H and O–H groups in total. The quantitative estimate of drug-likeness (QED) is 0.751. The summed E-state index contributed by atoms with van der Waals surface area (Å²) in [5, 5.41) is 3.62. The molecule has 0 aromatic heterocycles. The second kappa shape index (κ2) is 4.42. The molecule has 1 atom stereocenters. The van der Waals surface area contributed by atoms with E-state index in [1.165, 1.54) is 44.0 Å². The van der Waals surface area contributed by atoms with Crippen LogP contribution in [0.3, 0.4) is 0 Å². The van der Waals surface area contributed by atoms with E-state index in [0.29, 0.717) is 5.54 Å². The normalized spacial score (nSPS) is 32.6. The summed E-state index contributed by atoms with van der Waals surface area (Å²) in [5.74, 6) is 2.66. The van der Waals surface area contributed by atoms with Gasteiger partial charge in [-0.25, -0.2) is 0 Å². The zero-order valence-electron chi connectivity index (χ0n) is 9.38.